The van der Waals surface area contributed by atoms with E-state index in [-0.39, 0.29) is 6.04 Å². The Morgan fingerprint density at radius 3 is 2.86 bits per heavy atom. The van der Waals surface area contributed by atoms with Gasteiger partial charge >= 0.3 is 5.97 Å². The molecule has 1 heterocycles. The number of carbonyl (C=O) groups is 1. The molecule has 2 unspecified atom stereocenters. The van der Waals surface area contributed by atoms with Crippen molar-refractivity contribution in [3.63, 3.8) is 0 Å². The first kappa shape index (κ1) is 11.5. The topological polar surface area (TPSA) is 52.6 Å². The molecule has 0 bridgehead atoms. The van der Waals surface area contributed by atoms with Gasteiger partial charge in [0.25, 0.3) is 0 Å². The zero-order chi connectivity index (χ0) is 10.6. The quantitative estimate of drug-likeness (QED) is 0.674. The van der Waals surface area contributed by atoms with Crippen molar-refractivity contribution < 1.29 is 9.90 Å². The molecule has 2 atom stereocenters. The lowest BCUT2D eigenvalue weighted by Crippen LogP contribution is -2.36. The van der Waals surface area contributed by atoms with Crippen LogP contribution < -0.4 is 5.32 Å². The van der Waals surface area contributed by atoms with Crippen LogP contribution in [-0.4, -0.2) is 48.7 Å². The monoisotopic (exact) mass is 200 g/mol. The molecule has 1 aliphatic heterocycles. The normalized spacial score (nSPS) is 25.1. The summed E-state index contributed by atoms with van der Waals surface area (Å²) in [6.07, 6.45) is 1.89. The van der Waals surface area contributed by atoms with Crippen molar-refractivity contribution >= 4 is 5.97 Å². The van der Waals surface area contributed by atoms with Gasteiger partial charge in [-0.05, 0) is 38.9 Å². The minimum atomic E-state index is -0.734. The molecule has 0 saturated carbocycles. The predicted octanol–water partition coefficient (Wildman–Crippen LogP) is 0.391. The standard InChI is InChI=1S/C10H20N2O2/c1-3-12-5-4-8(7-12)6-9(11-2)10(13)14/h8-9,11H,3-7H2,1-2H3,(H,13,14). The maximum atomic E-state index is 10.8. The SMILES string of the molecule is CCN1CCC(CC(NC)C(=O)O)C1. The van der Waals surface area contributed by atoms with Crippen LogP contribution in [0.3, 0.4) is 0 Å². The van der Waals surface area contributed by atoms with Gasteiger partial charge in [0.1, 0.15) is 6.04 Å². The van der Waals surface area contributed by atoms with E-state index in [9.17, 15) is 4.79 Å². The van der Waals surface area contributed by atoms with Crippen LogP contribution in [0.5, 0.6) is 0 Å². The van der Waals surface area contributed by atoms with Crippen LogP contribution in [0.1, 0.15) is 19.8 Å². The second kappa shape index (κ2) is 5.32. The molecule has 1 aliphatic rings. The molecule has 14 heavy (non-hydrogen) atoms. The Labute approximate surface area is 85.3 Å². The van der Waals surface area contributed by atoms with Crippen LogP contribution in [0, 0.1) is 5.92 Å². The average molecular weight is 200 g/mol. The highest BCUT2D eigenvalue weighted by Gasteiger charge is 2.26. The molecule has 0 amide bonds. The van der Waals surface area contributed by atoms with E-state index < -0.39 is 5.97 Å². The van der Waals surface area contributed by atoms with E-state index in [2.05, 4.69) is 17.1 Å². The van der Waals surface area contributed by atoms with Gasteiger partial charge in [0.2, 0.25) is 0 Å². The van der Waals surface area contributed by atoms with E-state index in [1.807, 2.05) is 0 Å². The number of aliphatic carboxylic acids is 1. The summed E-state index contributed by atoms with van der Waals surface area (Å²) < 4.78 is 0. The number of rotatable bonds is 5. The number of nitrogens with one attached hydrogen (secondary N) is 1. The largest absolute Gasteiger partial charge is 0.480 e. The molecule has 0 aromatic rings. The Hall–Kier alpha value is -0.610. The summed E-state index contributed by atoms with van der Waals surface area (Å²) in [5.41, 5.74) is 0. The molecule has 1 fully saturated rings. The third-order valence-electron chi connectivity index (χ3n) is 3.03. The van der Waals surface area contributed by atoms with Gasteiger partial charge in [0, 0.05) is 6.54 Å². The molecule has 0 aromatic carbocycles. The highest BCUT2D eigenvalue weighted by atomic mass is 16.4. The summed E-state index contributed by atoms with van der Waals surface area (Å²) in [4.78, 5) is 13.2. The predicted molar refractivity (Wildman–Crippen MR) is 55.3 cm³/mol. The minimum Gasteiger partial charge on any atom is -0.480 e. The van der Waals surface area contributed by atoms with Crippen LogP contribution in [0.4, 0.5) is 0 Å². The number of carboxylic acid groups (broad SMARTS) is 1. The summed E-state index contributed by atoms with van der Waals surface area (Å²) in [7, 11) is 1.71. The lowest BCUT2D eigenvalue weighted by atomic mass is 9.99. The Balaban J connectivity index is 2.33. The van der Waals surface area contributed by atoms with Crippen molar-refractivity contribution in [1.82, 2.24) is 10.2 Å². The maximum Gasteiger partial charge on any atom is 0.320 e. The summed E-state index contributed by atoms with van der Waals surface area (Å²) in [5.74, 6) is -0.189. The first-order valence-electron chi connectivity index (χ1n) is 5.29. The van der Waals surface area contributed by atoms with Gasteiger partial charge in [-0.25, -0.2) is 0 Å². The number of hydrogen-bond donors (Lipinski definition) is 2. The van der Waals surface area contributed by atoms with Gasteiger partial charge in [0.05, 0.1) is 0 Å². The highest BCUT2D eigenvalue weighted by Crippen LogP contribution is 2.20. The van der Waals surface area contributed by atoms with E-state index in [0.717, 1.165) is 32.5 Å². The lowest BCUT2D eigenvalue weighted by Gasteiger charge is -2.17. The summed E-state index contributed by atoms with van der Waals surface area (Å²) in [5, 5.41) is 11.7. The minimum absolute atomic E-state index is 0.378. The average Bonchev–Trinajstić information content (AvgIpc) is 2.61. The highest BCUT2D eigenvalue weighted by molar-refractivity contribution is 5.73. The Kier molecular flexibility index (Phi) is 4.35. The van der Waals surface area contributed by atoms with Crippen LogP contribution in [0.2, 0.25) is 0 Å². The van der Waals surface area contributed by atoms with Gasteiger partial charge < -0.3 is 15.3 Å². The van der Waals surface area contributed by atoms with Crippen LogP contribution in [0.25, 0.3) is 0 Å². The molecular formula is C10H20N2O2. The fourth-order valence-corrected chi connectivity index (χ4v) is 2.07. The van der Waals surface area contributed by atoms with E-state index in [1.54, 1.807) is 7.05 Å². The molecule has 4 heteroatoms. The number of nitrogens with zero attached hydrogens (tertiary/aromatic N) is 1. The fraction of sp³-hybridized carbons (Fsp3) is 0.900. The lowest BCUT2D eigenvalue weighted by molar-refractivity contribution is -0.139. The molecule has 0 aromatic heterocycles. The smallest absolute Gasteiger partial charge is 0.320 e. The zero-order valence-electron chi connectivity index (χ0n) is 8.99. The van der Waals surface area contributed by atoms with Crippen LogP contribution >= 0.6 is 0 Å². The van der Waals surface area contributed by atoms with Crippen LogP contribution in [0.15, 0.2) is 0 Å². The van der Waals surface area contributed by atoms with Crippen molar-refractivity contribution in [3.05, 3.63) is 0 Å². The second-order valence-electron chi connectivity index (χ2n) is 3.96. The Bertz CT molecular complexity index is 197. The number of carboxylic acids is 1. The van der Waals surface area contributed by atoms with Crippen molar-refractivity contribution in [2.45, 2.75) is 25.8 Å². The second-order valence-corrected chi connectivity index (χ2v) is 3.96. The van der Waals surface area contributed by atoms with Crippen molar-refractivity contribution in [1.29, 1.82) is 0 Å². The zero-order valence-corrected chi connectivity index (χ0v) is 8.99. The van der Waals surface area contributed by atoms with Crippen molar-refractivity contribution in [2.24, 2.45) is 5.92 Å². The third kappa shape index (κ3) is 2.96. The van der Waals surface area contributed by atoms with E-state index in [1.165, 1.54) is 0 Å². The maximum absolute atomic E-state index is 10.8. The van der Waals surface area contributed by atoms with Gasteiger partial charge in [-0.15, -0.1) is 0 Å². The van der Waals surface area contributed by atoms with E-state index >= 15 is 0 Å². The van der Waals surface area contributed by atoms with E-state index in [0.29, 0.717) is 5.92 Å². The van der Waals surface area contributed by atoms with Gasteiger partial charge in [-0.3, -0.25) is 4.79 Å². The van der Waals surface area contributed by atoms with Crippen LogP contribution in [-0.2, 0) is 4.79 Å². The van der Waals surface area contributed by atoms with Crippen molar-refractivity contribution in [2.75, 3.05) is 26.7 Å². The number of likely N-dealkylation sites (tertiary alicyclic amines) is 1. The molecule has 1 saturated heterocycles. The molecule has 1 rings (SSSR count). The van der Waals surface area contributed by atoms with Gasteiger partial charge in [-0.2, -0.15) is 0 Å². The molecule has 0 radical (unpaired) electrons. The van der Waals surface area contributed by atoms with Gasteiger partial charge in [0.15, 0.2) is 0 Å². The van der Waals surface area contributed by atoms with E-state index in [4.69, 9.17) is 5.11 Å². The van der Waals surface area contributed by atoms with Gasteiger partial charge in [-0.1, -0.05) is 6.92 Å². The molecule has 0 aliphatic carbocycles. The number of hydrogen-bond acceptors (Lipinski definition) is 3. The third-order valence-corrected chi connectivity index (χ3v) is 3.03. The number of likely N-dealkylation sites (N-methyl/N-ethyl adjacent to an activating group) is 1. The Morgan fingerprint density at radius 1 is 1.71 bits per heavy atom. The summed E-state index contributed by atoms with van der Waals surface area (Å²) >= 11 is 0. The first-order chi connectivity index (χ1) is 6.67. The first-order valence-corrected chi connectivity index (χ1v) is 5.29. The summed E-state index contributed by atoms with van der Waals surface area (Å²) in [6, 6.07) is -0.378. The van der Waals surface area contributed by atoms with Crippen molar-refractivity contribution in [3.8, 4) is 0 Å². The summed E-state index contributed by atoms with van der Waals surface area (Å²) in [6.45, 7) is 5.40. The Morgan fingerprint density at radius 2 is 2.43 bits per heavy atom. The molecule has 0 spiro atoms. The molecule has 4 nitrogen and oxygen atoms in total. The molecular weight excluding hydrogens is 180 g/mol. The molecule has 82 valence electrons. The molecule has 2 N–H and O–H groups in total. The fourth-order valence-electron chi connectivity index (χ4n) is 2.07.